The van der Waals surface area contributed by atoms with Crippen LogP contribution < -0.4 is 0 Å². The fourth-order valence-electron chi connectivity index (χ4n) is 4.61. The summed E-state index contributed by atoms with van der Waals surface area (Å²) in [5.41, 5.74) is 0. The summed E-state index contributed by atoms with van der Waals surface area (Å²) < 4.78 is 5.30. The summed E-state index contributed by atoms with van der Waals surface area (Å²) in [6, 6.07) is 0. The van der Waals surface area contributed by atoms with Crippen LogP contribution in [0.15, 0.2) is 0 Å². The van der Waals surface area contributed by atoms with Crippen molar-refractivity contribution in [3.8, 4) is 0 Å². The molecule has 0 radical (unpaired) electrons. The zero-order valence-electron chi connectivity index (χ0n) is 13.9. The van der Waals surface area contributed by atoms with Gasteiger partial charge in [0.1, 0.15) is 0 Å². The Labute approximate surface area is 126 Å². The lowest BCUT2D eigenvalue weighted by atomic mass is 9.75. The van der Waals surface area contributed by atoms with Crippen molar-refractivity contribution >= 4 is 0 Å². The highest BCUT2D eigenvalue weighted by Gasteiger charge is 2.24. The van der Waals surface area contributed by atoms with Crippen LogP contribution in [0, 0.1) is 23.7 Å². The third-order valence-corrected chi connectivity index (χ3v) is 6.02. The van der Waals surface area contributed by atoms with Gasteiger partial charge >= 0.3 is 0 Å². The fourth-order valence-corrected chi connectivity index (χ4v) is 4.61. The van der Waals surface area contributed by atoms with Crippen molar-refractivity contribution in [2.24, 2.45) is 23.7 Å². The van der Waals surface area contributed by atoms with E-state index >= 15 is 0 Å². The minimum absolute atomic E-state index is 0.862. The van der Waals surface area contributed by atoms with Gasteiger partial charge in [0.25, 0.3) is 0 Å². The SMILES string of the molecule is CCC[C@H]1CC[C@H](CC[C@H]2CC[C@H](COC)CC2)CC1. The number of rotatable bonds is 7. The van der Waals surface area contributed by atoms with Gasteiger partial charge in [-0.1, -0.05) is 71.1 Å². The second-order valence-corrected chi connectivity index (χ2v) is 7.59. The van der Waals surface area contributed by atoms with Crippen molar-refractivity contribution in [2.45, 2.75) is 84.0 Å². The van der Waals surface area contributed by atoms with Crippen LogP contribution >= 0.6 is 0 Å². The molecule has 0 aromatic heterocycles. The molecular weight excluding hydrogens is 244 g/mol. The molecular formula is C19H36O. The molecule has 0 atom stereocenters. The highest BCUT2D eigenvalue weighted by molar-refractivity contribution is 4.76. The quantitative estimate of drug-likeness (QED) is 0.570. The highest BCUT2D eigenvalue weighted by Crippen LogP contribution is 2.37. The van der Waals surface area contributed by atoms with Crippen molar-refractivity contribution in [1.29, 1.82) is 0 Å². The summed E-state index contributed by atoms with van der Waals surface area (Å²) in [5.74, 6) is 4.04. The van der Waals surface area contributed by atoms with E-state index in [1.807, 2.05) is 7.11 Å². The first-order valence-corrected chi connectivity index (χ1v) is 9.30. The summed E-state index contributed by atoms with van der Waals surface area (Å²) in [5, 5.41) is 0. The average Bonchev–Trinajstić information content (AvgIpc) is 2.49. The molecule has 0 aromatic rings. The number of hydrogen-bond donors (Lipinski definition) is 0. The van der Waals surface area contributed by atoms with Crippen LogP contribution in [0.5, 0.6) is 0 Å². The molecule has 2 aliphatic carbocycles. The van der Waals surface area contributed by atoms with Gasteiger partial charge in [-0.3, -0.25) is 0 Å². The monoisotopic (exact) mass is 280 g/mol. The predicted octanol–water partition coefficient (Wildman–Crippen LogP) is 5.83. The molecule has 1 nitrogen and oxygen atoms in total. The highest BCUT2D eigenvalue weighted by atomic mass is 16.5. The Morgan fingerprint density at radius 1 is 0.650 bits per heavy atom. The van der Waals surface area contributed by atoms with Crippen molar-refractivity contribution in [2.75, 3.05) is 13.7 Å². The summed E-state index contributed by atoms with van der Waals surface area (Å²) >= 11 is 0. The van der Waals surface area contributed by atoms with Crippen LogP contribution in [0.4, 0.5) is 0 Å². The smallest absolute Gasteiger partial charge is 0.0490 e. The van der Waals surface area contributed by atoms with Gasteiger partial charge in [0.15, 0.2) is 0 Å². The van der Waals surface area contributed by atoms with E-state index in [1.54, 1.807) is 0 Å². The third kappa shape index (κ3) is 5.39. The molecule has 1 heteroatoms. The Balaban J connectivity index is 1.55. The molecule has 118 valence electrons. The lowest BCUT2D eigenvalue weighted by Crippen LogP contribution is -2.20. The van der Waals surface area contributed by atoms with E-state index in [0.29, 0.717) is 0 Å². The predicted molar refractivity (Wildman–Crippen MR) is 86.9 cm³/mol. The molecule has 0 bridgehead atoms. The largest absolute Gasteiger partial charge is 0.384 e. The van der Waals surface area contributed by atoms with Gasteiger partial charge in [-0.25, -0.2) is 0 Å². The summed E-state index contributed by atoms with van der Waals surface area (Å²) in [4.78, 5) is 0. The summed E-state index contributed by atoms with van der Waals surface area (Å²) in [7, 11) is 1.85. The zero-order chi connectivity index (χ0) is 14.2. The molecule has 0 heterocycles. The van der Waals surface area contributed by atoms with Crippen LogP contribution in [0.3, 0.4) is 0 Å². The van der Waals surface area contributed by atoms with E-state index in [1.165, 1.54) is 77.0 Å². The first-order chi connectivity index (χ1) is 9.81. The first-order valence-electron chi connectivity index (χ1n) is 9.30. The van der Waals surface area contributed by atoms with Crippen molar-refractivity contribution < 1.29 is 4.74 Å². The minimum Gasteiger partial charge on any atom is -0.384 e. The van der Waals surface area contributed by atoms with Crippen LogP contribution in [0.2, 0.25) is 0 Å². The van der Waals surface area contributed by atoms with Crippen molar-refractivity contribution in [3.63, 3.8) is 0 Å². The van der Waals surface area contributed by atoms with Gasteiger partial charge in [-0.15, -0.1) is 0 Å². The van der Waals surface area contributed by atoms with E-state index in [9.17, 15) is 0 Å². The van der Waals surface area contributed by atoms with Crippen LogP contribution in [-0.2, 0) is 4.74 Å². The molecule has 2 rings (SSSR count). The van der Waals surface area contributed by atoms with Gasteiger partial charge in [0.05, 0.1) is 0 Å². The second-order valence-electron chi connectivity index (χ2n) is 7.59. The Kier molecular flexibility index (Phi) is 7.41. The summed E-state index contributed by atoms with van der Waals surface area (Å²) in [6.07, 6.45) is 17.8. The normalized spacial score (nSPS) is 35.1. The van der Waals surface area contributed by atoms with Crippen LogP contribution in [0.25, 0.3) is 0 Å². The Morgan fingerprint density at radius 3 is 1.45 bits per heavy atom. The van der Waals surface area contributed by atoms with Crippen molar-refractivity contribution in [3.05, 3.63) is 0 Å². The molecule has 0 aliphatic heterocycles. The lowest BCUT2D eigenvalue weighted by molar-refractivity contribution is 0.115. The first kappa shape index (κ1) is 16.3. The molecule has 0 N–H and O–H groups in total. The molecule has 0 spiro atoms. The van der Waals surface area contributed by atoms with Crippen molar-refractivity contribution in [1.82, 2.24) is 0 Å². The summed E-state index contributed by atoms with van der Waals surface area (Å²) in [6.45, 7) is 3.33. The molecule has 0 aromatic carbocycles. The molecule has 2 aliphatic rings. The molecule has 2 fully saturated rings. The number of hydrogen-bond acceptors (Lipinski definition) is 1. The molecule has 0 unspecified atom stereocenters. The van der Waals surface area contributed by atoms with Crippen LogP contribution in [-0.4, -0.2) is 13.7 Å². The maximum absolute atomic E-state index is 5.30. The maximum Gasteiger partial charge on any atom is 0.0490 e. The standard InChI is InChI=1S/C19H36O/c1-3-4-16-5-7-17(8-6-16)9-10-18-11-13-19(14-12-18)15-20-2/h16-19H,3-15H2,1-2H3/t16-,17-,18-,19-. The van der Waals surface area contributed by atoms with Gasteiger partial charge in [-0.2, -0.15) is 0 Å². The fraction of sp³-hybridized carbons (Fsp3) is 1.00. The van der Waals surface area contributed by atoms with Gasteiger partial charge in [0.2, 0.25) is 0 Å². The van der Waals surface area contributed by atoms with E-state index in [0.717, 1.165) is 30.3 Å². The Morgan fingerprint density at radius 2 is 1.05 bits per heavy atom. The molecule has 20 heavy (non-hydrogen) atoms. The molecule has 2 saturated carbocycles. The van der Waals surface area contributed by atoms with Gasteiger partial charge in [0, 0.05) is 13.7 Å². The third-order valence-electron chi connectivity index (χ3n) is 6.02. The second kappa shape index (κ2) is 9.07. The molecule has 0 amide bonds. The number of methoxy groups -OCH3 is 1. The van der Waals surface area contributed by atoms with Crippen LogP contribution in [0.1, 0.15) is 84.0 Å². The lowest BCUT2D eigenvalue weighted by Gasteiger charge is -2.31. The zero-order valence-corrected chi connectivity index (χ0v) is 13.9. The van der Waals surface area contributed by atoms with E-state index in [4.69, 9.17) is 4.74 Å². The number of ether oxygens (including phenoxy) is 1. The van der Waals surface area contributed by atoms with E-state index in [2.05, 4.69) is 6.92 Å². The van der Waals surface area contributed by atoms with Gasteiger partial charge in [-0.05, 0) is 36.5 Å². The minimum atomic E-state index is 0.862. The molecule has 0 saturated heterocycles. The average molecular weight is 280 g/mol. The van der Waals surface area contributed by atoms with E-state index in [-0.39, 0.29) is 0 Å². The maximum atomic E-state index is 5.30. The Bertz CT molecular complexity index is 208. The van der Waals surface area contributed by atoms with E-state index < -0.39 is 0 Å². The topological polar surface area (TPSA) is 9.23 Å². The van der Waals surface area contributed by atoms with Gasteiger partial charge < -0.3 is 4.74 Å². The Hall–Kier alpha value is -0.0400.